The van der Waals surface area contributed by atoms with Gasteiger partial charge in [0.25, 0.3) is 0 Å². The zero-order valence-electron chi connectivity index (χ0n) is 9.63. The first kappa shape index (κ1) is 12.8. The van der Waals surface area contributed by atoms with Crippen LogP contribution in [-0.4, -0.2) is 17.8 Å². The molecule has 0 heterocycles. The molecule has 1 atom stereocenters. The Bertz CT molecular complexity index is 382. The van der Waals surface area contributed by atoms with Crippen molar-refractivity contribution >= 4 is 11.6 Å². The second-order valence-corrected chi connectivity index (χ2v) is 4.99. The third-order valence-electron chi connectivity index (χ3n) is 3.18. The summed E-state index contributed by atoms with van der Waals surface area (Å²) in [4.78, 5) is 0. The first-order valence-corrected chi connectivity index (χ1v) is 6.36. The lowest BCUT2D eigenvalue weighted by Gasteiger charge is -2.17. The molecule has 1 fully saturated rings. The second-order valence-electron chi connectivity index (χ2n) is 4.59. The lowest BCUT2D eigenvalue weighted by Crippen LogP contribution is -2.31. The molecule has 17 heavy (non-hydrogen) atoms. The molecule has 0 aliphatic heterocycles. The number of aliphatic hydroxyl groups is 1. The SMILES string of the molecule is OCCC(NCc1ccc(Cl)c(F)c1)C1CC1. The first-order valence-electron chi connectivity index (χ1n) is 5.99. The number of halogens is 2. The Morgan fingerprint density at radius 3 is 2.82 bits per heavy atom. The highest BCUT2D eigenvalue weighted by atomic mass is 35.5. The Labute approximate surface area is 106 Å². The number of hydrogen-bond donors (Lipinski definition) is 2. The molecule has 0 bridgehead atoms. The van der Waals surface area contributed by atoms with Gasteiger partial charge in [-0.15, -0.1) is 0 Å². The average molecular weight is 258 g/mol. The Hall–Kier alpha value is -0.640. The van der Waals surface area contributed by atoms with Crippen molar-refractivity contribution in [3.05, 3.63) is 34.6 Å². The van der Waals surface area contributed by atoms with Crippen LogP contribution in [0, 0.1) is 11.7 Å². The molecule has 2 N–H and O–H groups in total. The zero-order chi connectivity index (χ0) is 12.3. The van der Waals surface area contributed by atoms with Crippen molar-refractivity contribution in [1.82, 2.24) is 5.32 Å². The monoisotopic (exact) mass is 257 g/mol. The Morgan fingerprint density at radius 2 is 2.24 bits per heavy atom. The summed E-state index contributed by atoms with van der Waals surface area (Å²) in [5, 5.41) is 12.5. The van der Waals surface area contributed by atoms with Crippen molar-refractivity contribution in [2.24, 2.45) is 5.92 Å². The maximum atomic E-state index is 13.2. The lowest BCUT2D eigenvalue weighted by atomic mass is 10.1. The van der Waals surface area contributed by atoms with Crippen molar-refractivity contribution in [1.29, 1.82) is 0 Å². The lowest BCUT2D eigenvalue weighted by molar-refractivity contribution is 0.255. The van der Waals surface area contributed by atoms with E-state index in [4.69, 9.17) is 16.7 Å². The summed E-state index contributed by atoms with van der Waals surface area (Å²) in [6.45, 7) is 0.818. The molecular weight excluding hydrogens is 241 g/mol. The summed E-state index contributed by atoms with van der Waals surface area (Å²) in [6, 6.07) is 5.20. The van der Waals surface area contributed by atoms with Crippen molar-refractivity contribution < 1.29 is 9.50 Å². The van der Waals surface area contributed by atoms with Gasteiger partial charge in [-0.25, -0.2) is 4.39 Å². The predicted molar refractivity (Wildman–Crippen MR) is 66.5 cm³/mol. The van der Waals surface area contributed by atoms with Gasteiger partial charge in [0.05, 0.1) is 5.02 Å². The highest BCUT2D eigenvalue weighted by Crippen LogP contribution is 2.34. The quantitative estimate of drug-likeness (QED) is 0.821. The summed E-state index contributed by atoms with van der Waals surface area (Å²) in [5.41, 5.74) is 0.885. The summed E-state index contributed by atoms with van der Waals surface area (Å²) in [6.07, 6.45) is 3.22. The summed E-state index contributed by atoms with van der Waals surface area (Å²) < 4.78 is 13.2. The van der Waals surface area contributed by atoms with Crippen molar-refractivity contribution in [2.45, 2.75) is 31.8 Å². The molecule has 0 amide bonds. The van der Waals surface area contributed by atoms with E-state index in [0.29, 0.717) is 18.5 Å². The number of nitrogens with one attached hydrogen (secondary N) is 1. The van der Waals surface area contributed by atoms with Crippen molar-refractivity contribution in [3.8, 4) is 0 Å². The molecule has 0 saturated heterocycles. The summed E-state index contributed by atoms with van der Waals surface area (Å²) in [5.74, 6) is 0.301. The standard InChI is InChI=1S/C13H17ClFNO/c14-11-4-1-9(7-12(11)15)8-16-13(5-6-17)10-2-3-10/h1,4,7,10,13,16-17H,2-3,5-6,8H2. The minimum atomic E-state index is -0.379. The van der Waals surface area contributed by atoms with Gasteiger partial charge in [0, 0.05) is 19.2 Å². The van der Waals surface area contributed by atoms with E-state index in [9.17, 15) is 4.39 Å². The molecule has 1 aromatic rings. The van der Waals surface area contributed by atoms with E-state index in [-0.39, 0.29) is 17.4 Å². The van der Waals surface area contributed by atoms with Gasteiger partial charge in [0.1, 0.15) is 5.82 Å². The molecule has 2 nitrogen and oxygen atoms in total. The van der Waals surface area contributed by atoms with Crippen molar-refractivity contribution in [2.75, 3.05) is 6.61 Å². The van der Waals surface area contributed by atoms with Crippen molar-refractivity contribution in [3.63, 3.8) is 0 Å². The third kappa shape index (κ3) is 3.66. The Kier molecular flexibility index (Phi) is 4.37. The number of aliphatic hydroxyl groups excluding tert-OH is 1. The molecule has 1 aliphatic rings. The van der Waals surface area contributed by atoms with E-state index in [1.165, 1.54) is 18.9 Å². The van der Waals surface area contributed by atoms with Gasteiger partial charge in [-0.1, -0.05) is 17.7 Å². The first-order chi connectivity index (χ1) is 8.20. The van der Waals surface area contributed by atoms with Crippen LogP contribution in [0.5, 0.6) is 0 Å². The van der Waals surface area contributed by atoms with Crippen LogP contribution in [0.4, 0.5) is 4.39 Å². The van der Waals surface area contributed by atoms with Crippen LogP contribution in [0.25, 0.3) is 0 Å². The van der Waals surface area contributed by atoms with Crippen LogP contribution in [-0.2, 0) is 6.54 Å². The number of rotatable bonds is 6. The number of hydrogen-bond acceptors (Lipinski definition) is 2. The van der Waals surface area contributed by atoms with E-state index < -0.39 is 0 Å². The summed E-state index contributed by atoms with van der Waals surface area (Å²) in [7, 11) is 0. The molecule has 1 saturated carbocycles. The Balaban J connectivity index is 1.89. The van der Waals surface area contributed by atoms with Crippen LogP contribution in [0.15, 0.2) is 18.2 Å². The van der Waals surface area contributed by atoms with Gasteiger partial charge < -0.3 is 10.4 Å². The molecule has 0 radical (unpaired) electrons. The smallest absolute Gasteiger partial charge is 0.142 e. The summed E-state index contributed by atoms with van der Waals surface area (Å²) >= 11 is 5.63. The van der Waals surface area contributed by atoms with E-state index in [0.717, 1.165) is 12.0 Å². The molecule has 2 rings (SSSR count). The van der Waals surface area contributed by atoms with Crippen LogP contribution < -0.4 is 5.32 Å². The average Bonchev–Trinajstić information content (AvgIpc) is 3.13. The molecule has 94 valence electrons. The Morgan fingerprint density at radius 1 is 1.47 bits per heavy atom. The fourth-order valence-corrected chi connectivity index (χ4v) is 2.16. The molecule has 4 heteroatoms. The minimum absolute atomic E-state index is 0.155. The van der Waals surface area contributed by atoms with Crippen LogP contribution >= 0.6 is 11.6 Å². The highest BCUT2D eigenvalue weighted by Gasteiger charge is 2.30. The topological polar surface area (TPSA) is 32.3 Å². The maximum Gasteiger partial charge on any atom is 0.142 e. The minimum Gasteiger partial charge on any atom is -0.396 e. The van der Waals surface area contributed by atoms with Gasteiger partial charge in [-0.3, -0.25) is 0 Å². The van der Waals surface area contributed by atoms with Crippen LogP contribution in [0.2, 0.25) is 5.02 Å². The molecule has 1 aromatic carbocycles. The molecule has 0 aromatic heterocycles. The van der Waals surface area contributed by atoms with Gasteiger partial charge in [-0.05, 0) is 42.9 Å². The predicted octanol–water partition coefficient (Wildman–Crippen LogP) is 2.73. The highest BCUT2D eigenvalue weighted by molar-refractivity contribution is 6.30. The van der Waals surface area contributed by atoms with Gasteiger partial charge in [0.2, 0.25) is 0 Å². The third-order valence-corrected chi connectivity index (χ3v) is 3.49. The van der Waals surface area contributed by atoms with Gasteiger partial charge >= 0.3 is 0 Å². The van der Waals surface area contributed by atoms with Crippen LogP contribution in [0.3, 0.4) is 0 Å². The molecule has 1 unspecified atom stereocenters. The van der Waals surface area contributed by atoms with E-state index in [1.807, 2.05) is 6.07 Å². The van der Waals surface area contributed by atoms with Crippen LogP contribution in [0.1, 0.15) is 24.8 Å². The van der Waals surface area contributed by atoms with Gasteiger partial charge in [-0.2, -0.15) is 0 Å². The maximum absolute atomic E-state index is 13.2. The number of benzene rings is 1. The van der Waals surface area contributed by atoms with E-state index >= 15 is 0 Å². The van der Waals surface area contributed by atoms with Gasteiger partial charge in [0.15, 0.2) is 0 Å². The zero-order valence-corrected chi connectivity index (χ0v) is 10.4. The largest absolute Gasteiger partial charge is 0.396 e. The van der Waals surface area contributed by atoms with E-state index in [1.54, 1.807) is 6.07 Å². The fraction of sp³-hybridized carbons (Fsp3) is 0.538. The molecule has 0 spiro atoms. The fourth-order valence-electron chi connectivity index (χ4n) is 2.04. The molecule has 1 aliphatic carbocycles. The normalized spacial score (nSPS) is 17.1. The second kappa shape index (κ2) is 5.80. The van der Waals surface area contributed by atoms with E-state index in [2.05, 4.69) is 5.32 Å². The molecular formula is C13H17ClFNO.